The smallest absolute Gasteiger partial charge is 0.239 e. The van der Waals surface area contributed by atoms with E-state index in [4.69, 9.17) is 0 Å². The van der Waals surface area contributed by atoms with E-state index in [1.165, 1.54) is 6.42 Å². The molecule has 3 nitrogen and oxygen atoms in total. The van der Waals surface area contributed by atoms with Gasteiger partial charge in [-0.25, -0.2) is 0 Å². The summed E-state index contributed by atoms with van der Waals surface area (Å²) in [5, 5.41) is 3.25. The zero-order chi connectivity index (χ0) is 10.4. The van der Waals surface area contributed by atoms with E-state index in [0.29, 0.717) is 0 Å². The van der Waals surface area contributed by atoms with Crippen molar-refractivity contribution in [3.8, 4) is 0 Å². The minimum Gasteiger partial charge on any atom is -0.341 e. The van der Waals surface area contributed by atoms with Gasteiger partial charge in [0.2, 0.25) is 5.91 Å². The lowest BCUT2D eigenvalue weighted by atomic mass is 10.1. The van der Waals surface area contributed by atoms with Crippen molar-refractivity contribution in [2.45, 2.75) is 45.6 Å². The second-order valence-electron chi connectivity index (χ2n) is 4.06. The van der Waals surface area contributed by atoms with Crippen molar-refractivity contribution in [1.82, 2.24) is 10.2 Å². The Kier molecular flexibility index (Phi) is 4.94. The van der Waals surface area contributed by atoms with Gasteiger partial charge in [-0.1, -0.05) is 13.3 Å². The first kappa shape index (κ1) is 11.5. The summed E-state index contributed by atoms with van der Waals surface area (Å²) >= 11 is 0. The molecule has 14 heavy (non-hydrogen) atoms. The van der Waals surface area contributed by atoms with Gasteiger partial charge in [0.05, 0.1) is 6.04 Å². The number of hydrogen-bond acceptors (Lipinski definition) is 2. The van der Waals surface area contributed by atoms with Gasteiger partial charge in [-0.3, -0.25) is 4.79 Å². The number of carbonyl (C=O) groups is 1. The zero-order valence-corrected chi connectivity index (χ0v) is 9.38. The fourth-order valence-electron chi connectivity index (χ4n) is 1.79. The first-order valence-electron chi connectivity index (χ1n) is 5.78. The quantitative estimate of drug-likeness (QED) is 0.743. The molecule has 0 aromatic carbocycles. The molecule has 0 radical (unpaired) electrons. The predicted octanol–water partition coefficient (Wildman–Crippen LogP) is 1.39. The maximum Gasteiger partial charge on any atom is 0.239 e. The number of nitrogens with zero attached hydrogens (tertiary/aromatic N) is 1. The topological polar surface area (TPSA) is 32.3 Å². The Morgan fingerprint density at radius 1 is 1.50 bits per heavy atom. The standard InChI is InChI=1S/C11H22N2O/c1-3-4-8-13-9-6-5-7-12-10(2)11(13)14/h10,12H,3-9H2,1-2H3. The van der Waals surface area contributed by atoms with Crippen molar-refractivity contribution in [3.63, 3.8) is 0 Å². The van der Waals surface area contributed by atoms with Gasteiger partial charge < -0.3 is 10.2 Å². The molecule has 0 aliphatic carbocycles. The lowest BCUT2D eigenvalue weighted by Gasteiger charge is -2.28. The summed E-state index contributed by atoms with van der Waals surface area (Å²) < 4.78 is 0. The molecule has 1 atom stereocenters. The third-order valence-electron chi connectivity index (χ3n) is 2.77. The van der Waals surface area contributed by atoms with E-state index in [0.717, 1.165) is 38.9 Å². The number of hydrogen-bond donors (Lipinski definition) is 1. The molecule has 1 N–H and O–H groups in total. The summed E-state index contributed by atoms with van der Waals surface area (Å²) in [7, 11) is 0. The van der Waals surface area contributed by atoms with Gasteiger partial charge in [-0.05, 0) is 32.7 Å². The first-order chi connectivity index (χ1) is 6.75. The Labute approximate surface area is 86.9 Å². The van der Waals surface area contributed by atoms with Crippen molar-refractivity contribution in [2.24, 2.45) is 0 Å². The van der Waals surface area contributed by atoms with E-state index in [1.807, 2.05) is 11.8 Å². The molecule has 0 bridgehead atoms. The average molecular weight is 198 g/mol. The average Bonchev–Trinajstić information content (AvgIpc) is 2.19. The molecule has 0 aromatic heterocycles. The molecular formula is C11H22N2O. The number of amides is 1. The Morgan fingerprint density at radius 3 is 3.00 bits per heavy atom. The molecular weight excluding hydrogens is 176 g/mol. The number of unbranched alkanes of at least 4 members (excludes halogenated alkanes) is 1. The minimum absolute atomic E-state index is 0.00663. The normalized spacial score (nSPS) is 24.6. The Hall–Kier alpha value is -0.570. The van der Waals surface area contributed by atoms with Gasteiger partial charge in [-0.2, -0.15) is 0 Å². The van der Waals surface area contributed by atoms with Crippen LogP contribution in [0, 0.1) is 0 Å². The van der Waals surface area contributed by atoms with Crippen LogP contribution in [0.4, 0.5) is 0 Å². The van der Waals surface area contributed by atoms with Crippen LogP contribution in [-0.2, 0) is 4.79 Å². The number of nitrogens with one attached hydrogen (secondary N) is 1. The molecule has 1 saturated heterocycles. The van der Waals surface area contributed by atoms with E-state index < -0.39 is 0 Å². The van der Waals surface area contributed by atoms with Crippen LogP contribution in [0.15, 0.2) is 0 Å². The van der Waals surface area contributed by atoms with Crippen molar-refractivity contribution < 1.29 is 4.79 Å². The van der Waals surface area contributed by atoms with Crippen molar-refractivity contribution in [1.29, 1.82) is 0 Å². The molecule has 1 aliphatic heterocycles. The summed E-state index contributed by atoms with van der Waals surface area (Å²) in [6, 6.07) is 0.00663. The van der Waals surface area contributed by atoms with Crippen LogP contribution in [0.25, 0.3) is 0 Å². The Bertz CT molecular complexity index is 180. The van der Waals surface area contributed by atoms with Crippen molar-refractivity contribution in [2.75, 3.05) is 19.6 Å². The summed E-state index contributed by atoms with van der Waals surface area (Å²) in [5.74, 6) is 0.276. The van der Waals surface area contributed by atoms with Gasteiger partial charge in [0, 0.05) is 13.1 Å². The summed E-state index contributed by atoms with van der Waals surface area (Å²) in [6.45, 7) is 6.99. The van der Waals surface area contributed by atoms with Crippen LogP contribution in [0.5, 0.6) is 0 Å². The third kappa shape index (κ3) is 3.29. The molecule has 1 aliphatic rings. The van der Waals surface area contributed by atoms with E-state index >= 15 is 0 Å². The van der Waals surface area contributed by atoms with Gasteiger partial charge in [-0.15, -0.1) is 0 Å². The molecule has 0 spiro atoms. The highest BCUT2D eigenvalue weighted by atomic mass is 16.2. The van der Waals surface area contributed by atoms with E-state index in [-0.39, 0.29) is 11.9 Å². The highest BCUT2D eigenvalue weighted by molar-refractivity contribution is 5.81. The second-order valence-corrected chi connectivity index (χ2v) is 4.06. The lowest BCUT2D eigenvalue weighted by Crippen LogP contribution is -2.47. The lowest BCUT2D eigenvalue weighted by molar-refractivity contribution is -0.133. The van der Waals surface area contributed by atoms with Gasteiger partial charge >= 0.3 is 0 Å². The molecule has 1 unspecified atom stereocenters. The van der Waals surface area contributed by atoms with Crippen LogP contribution in [0.2, 0.25) is 0 Å². The van der Waals surface area contributed by atoms with Crippen LogP contribution in [0.3, 0.4) is 0 Å². The Morgan fingerprint density at radius 2 is 2.29 bits per heavy atom. The second kappa shape index (κ2) is 6.02. The molecule has 1 rings (SSSR count). The molecule has 82 valence electrons. The monoisotopic (exact) mass is 198 g/mol. The molecule has 0 saturated carbocycles. The van der Waals surface area contributed by atoms with E-state index in [1.54, 1.807) is 0 Å². The van der Waals surface area contributed by atoms with Crippen molar-refractivity contribution in [3.05, 3.63) is 0 Å². The molecule has 3 heteroatoms. The molecule has 1 fully saturated rings. The zero-order valence-electron chi connectivity index (χ0n) is 9.38. The largest absolute Gasteiger partial charge is 0.341 e. The fourth-order valence-corrected chi connectivity index (χ4v) is 1.79. The molecule has 1 amide bonds. The van der Waals surface area contributed by atoms with Crippen molar-refractivity contribution >= 4 is 5.91 Å². The summed E-state index contributed by atoms with van der Waals surface area (Å²) in [4.78, 5) is 13.9. The molecule has 1 heterocycles. The minimum atomic E-state index is 0.00663. The van der Waals surface area contributed by atoms with E-state index in [9.17, 15) is 4.79 Å². The first-order valence-corrected chi connectivity index (χ1v) is 5.78. The Balaban J connectivity index is 2.46. The predicted molar refractivity (Wildman–Crippen MR) is 58.2 cm³/mol. The van der Waals surface area contributed by atoms with Gasteiger partial charge in [0.25, 0.3) is 0 Å². The number of carbonyl (C=O) groups excluding carboxylic acids is 1. The summed E-state index contributed by atoms with van der Waals surface area (Å²) in [6.07, 6.45) is 4.60. The van der Waals surface area contributed by atoms with Crippen LogP contribution in [0.1, 0.15) is 39.5 Å². The maximum atomic E-state index is 11.9. The number of rotatable bonds is 3. The maximum absolute atomic E-state index is 11.9. The summed E-state index contributed by atoms with van der Waals surface area (Å²) in [5.41, 5.74) is 0. The van der Waals surface area contributed by atoms with Crippen LogP contribution >= 0.6 is 0 Å². The highest BCUT2D eigenvalue weighted by Gasteiger charge is 2.20. The SMILES string of the molecule is CCCCN1CCCCNC(C)C1=O. The fraction of sp³-hybridized carbons (Fsp3) is 0.909. The third-order valence-corrected chi connectivity index (χ3v) is 2.77. The van der Waals surface area contributed by atoms with Crippen LogP contribution < -0.4 is 5.32 Å². The van der Waals surface area contributed by atoms with E-state index in [2.05, 4.69) is 12.2 Å². The van der Waals surface area contributed by atoms with Gasteiger partial charge in [0.1, 0.15) is 0 Å². The highest BCUT2D eigenvalue weighted by Crippen LogP contribution is 2.05. The molecule has 0 aromatic rings. The van der Waals surface area contributed by atoms with Crippen LogP contribution in [-0.4, -0.2) is 36.5 Å². The van der Waals surface area contributed by atoms with Gasteiger partial charge in [0.15, 0.2) is 0 Å².